The Labute approximate surface area is 187 Å². The van der Waals surface area contributed by atoms with Gasteiger partial charge in [-0.3, -0.25) is 5.41 Å². The van der Waals surface area contributed by atoms with E-state index < -0.39 is 0 Å². The fraction of sp³-hybridized carbons (Fsp3) is 0.240. The van der Waals surface area contributed by atoms with Gasteiger partial charge in [0, 0.05) is 23.1 Å². The lowest BCUT2D eigenvalue weighted by Gasteiger charge is -2.06. The Bertz CT molecular complexity index is 1080. The molecule has 5 heteroatoms. The molecule has 154 valence electrons. The zero-order valence-electron chi connectivity index (χ0n) is 16.8. The molecule has 0 bridgehead atoms. The molecule has 0 aliphatic heterocycles. The molecule has 0 spiro atoms. The quantitative estimate of drug-likeness (QED) is 0.326. The average Bonchev–Trinajstić information content (AvgIpc) is 3.02. The minimum Gasteiger partial charge on any atom is -0.310 e. The van der Waals surface area contributed by atoms with E-state index in [-0.39, 0.29) is 0 Å². The normalized spacial score (nSPS) is 11.3. The van der Waals surface area contributed by atoms with Gasteiger partial charge in [-0.2, -0.15) is 0 Å². The average molecular weight is 438 g/mol. The molecule has 3 aromatic carbocycles. The monoisotopic (exact) mass is 437 g/mol. The molecule has 4 rings (SSSR count). The standard InChI is InChI=1S/C25H25Cl2N3/c26-21-13-9-19(10-14-21)5-3-17-29-23-7-1-2-8-24(23)30(25(29)28)18-4-6-20-11-15-22(27)16-12-20/h1-2,7-16,28H,3-6,17-18H2. The second-order valence-electron chi connectivity index (χ2n) is 7.58. The third-order valence-electron chi connectivity index (χ3n) is 5.50. The van der Waals surface area contributed by atoms with Gasteiger partial charge < -0.3 is 9.13 Å². The van der Waals surface area contributed by atoms with E-state index in [1.165, 1.54) is 11.1 Å². The maximum atomic E-state index is 8.79. The highest BCUT2D eigenvalue weighted by Crippen LogP contribution is 2.16. The zero-order valence-corrected chi connectivity index (χ0v) is 18.3. The molecule has 0 unspecified atom stereocenters. The first-order valence-electron chi connectivity index (χ1n) is 10.3. The maximum absolute atomic E-state index is 8.79. The lowest BCUT2D eigenvalue weighted by atomic mass is 10.1. The van der Waals surface area contributed by atoms with Crippen molar-refractivity contribution in [2.24, 2.45) is 0 Å². The van der Waals surface area contributed by atoms with E-state index in [2.05, 4.69) is 57.7 Å². The first-order valence-corrected chi connectivity index (χ1v) is 11.1. The van der Waals surface area contributed by atoms with Crippen LogP contribution in [0.5, 0.6) is 0 Å². The van der Waals surface area contributed by atoms with Crippen LogP contribution in [0.1, 0.15) is 24.0 Å². The van der Waals surface area contributed by atoms with Crippen LogP contribution in [-0.4, -0.2) is 9.13 Å². The second-order valence-corrected chi connectivity index (χ2v) is 8.45. The molecule has 0 aliphatic rings. The molecule has 0 saturated heterocycles. The first-order chi connectivity index (χ1) is 14.6. The van der Waals surface area contributed by atoms with Crippen molar-refractivity contribution in [3.05, 3.63) is 99.6 Å². The highest BCUT2D eigenvalue weighted by atomic mass is 35.5. The number of benzene rings is 3. The van der Waals surface area contributed by atoms with Gasteiger partial charge in [0.15, 0.2) is 0 Å². The summed E-state index contributed by atoms with van der Waals surface area (Å²) in [6, 6.07) is 24.4. The number of hydrogen-bond donors (Lipinski definition) is 1. The Kier molecular flexibility index (Phi) is 6.61. The summed E-state index contributed by atoms with van der Waals surface area (Å²) in [5.74, 6) is 0. The number of fused-ring (bicyclic) bond motifs is 1. The van der Waals surface area contributed by atoms with E-state index in [0.29, 0.717) is 5.62 Å². The van der Waals surface area contributed by atoms with E-state index in [9.17, 15) is 0 Å². The van der Waals surface area contributed by atoms with Gasteiger partial charge in [0.2, 0.25) is 5.62 Å². The number of imidazole rings is 1. The van der Waals surface area contributed by atoms with Crippen molar-refractivity contribution in [2.45, 2.75) is 38.8 Å². The van der Waals surface area contributed by atoms with Crippen LogP contribution in [0.2, 0.25) is 10.0 Å². The Balaban J connectivity index is 1.47. The molecular formula is C25H25Cl2N3. The predicted molar refractivity (Wildman–Crippen MR) is 125 cm³/mol. The number of aromatic nitrogens is 2. The number of halogens is 2. The van der Waals surface area contributed by atoms with Gasteiger partial charge in [-0.15, -0.1) is 0 Å². The van der Waals surface area contributed by atoms with Crippen molar-refractivity contribution in [3.63, 3.8) is 0 Å². The third kappa shape index (κ3) is 4.80. The SMILES string of the molecule is N=c1n(CCCc2ccc(Cl)cc2)c2ccccc2n1CCCc1ccc(Cl)cc1. The molecule has 0 atom stereocenters. The maximum Gasteiger partial charge on any atom is 0.202 e. The van der Waals surface area contributed by atoms with Gasteiger partial charge in [0.1, 0.15) is 0 Å². The van der Waals surface area contributed by atoms with Crippen LogP contribution in [0.3, 0.4) is 0 Å². The first kappa shape index (κ1) is 20.8. The summed E-state index contributed by atoms with van der Waals surface area (Å²) in [6.45, 7) is 1.65. The number of aryl methyl sites for hydroxylation is 4. The summed E-state index contributed by atoms with van der Waals surface area (Å²) in [7, 11) is 0. The van der Waals surface area contributed by atoms with E-state index >= 15 is 0 Å². The van der Waals surface area contributed by atoms with Crippen molar-refractivity contribution in [1.82, 2.24) is 9.13 Å². The van der Waals surface area contributed by atoms with E-state index in [0.717, 1.165) is 59.9 Å². The molecule has 1 heterocycles. The van der Waals surface area contributed by atoms with Crippen LogP contribution in [0, 0.1) is 5.41 Å². The molecule has 0 radical (unpaired) electrons. The molecule has 0 saturated carbocycles. The second kappa shape index (κ2) is 9.55. The summed E-state index contributed by atoms with van der Waals surface area (Å²) >= 11 is 12.0. The van der Waals surface area contributed by atoms with Gasteiger partial charge in [-0.05, 0) is 73.2 Å². The number of para-hydroxylation sites is 2. The minimum absolute atomic E-state index is 0.573. The Morgan fingerprint density at radius 3 is 1.40 bits per heavy atom. The molecule has 3 nitrogen and oxygen atoms in total. The summed E-state index contributed by atoms with van der Waals surface area (Å²) in [4.78, 5) is 0. The summed E-state index contributed by atoms with van der Waals surface area (Å²) in [6.07, 6.45) is 3.91. The fourth-order valence-electron chi connectivity index (χ4n) is 3.93. The number of rotatable bonds is 8. The van der Waals surface area contributed by atoms with Crippen LogP contribution >= 0.6 is 23.2 Å². The smallest absolute Gasteiger partial charge is 0.202 e. The van der Waals surface area contributed by atoms with E-state index in [1.54, 1.807) is 0 Å². The van der Waals surface area contributed by atoms with Crippen LogP contribution < -0.4 is 5.62 Å². The van der Waals surface area contributed by atoms with Crippen molar-refractivity contribution in [1.29, 1.82) is 5.41 Å². The highest BCUT2D eigenvalue weighted by molar-refractivity contribution is 6.30. The third-order valence-corrected chi connectivity index (χ3v) is 6.00. The van der Waals surface area contributed by atoms with Gasteiger partial charge in [0.05, 0.1) is 11.0 Å². The Morgan fingerprint density at radius 1 is 0.600 bits per heavy atom. The van der Waals surface area contributed by atoms with Crippen LogP contribution in [0.25, 0.3) is 11.0 Å². The van der Waals surface area contributed by atoms with Gasteiger partial charge in [-0.25, -0.2) is 0 Å². The van der Waals surface area contributed by atoms with E-state index in [1.807, 2.05) is 24.3 Å². The number of hydrogen-bond acceptors (Lipinski definition) is 1. The molecule has 4 aromatic rings. The molecule has 0 fully saturated rings. The van der Waals surface area contributed by atoms with E-state index in [4.69, 9.17) is 28.6 Å². The van der Waals surface area contributed by atoms with Crippen molar-refractivity contribution >= 4 is 34.2 Å². The van der Waals surface area contributed by atoms with Gasteiger partial charge in [-0.1, -0.05) is 59.6 Å². The molecular weight excluding hydrogens is 413 g/mol. The van der Waals surface area contributed by atoms with Crippen molar-refractivity contribution in [2.75, 3.05) is 0 Å². The lowest BCUT2D eigenvalue weighted by Crippen LogP contribution is -2.25. The Hall–Kier alpha value is -2.49. The number of nitrogens with zero attached hydrogens (tertiary/aromatic N) is 2. The largest absolute Gasteiger partial charge is 0.310 e. The summed E-state index contributed by atoms with van der Waals surface area (Å²) in [5.41, 5.74) is 5.38. The van der Waals surface area contributed by atoms with Gasteiger partial charge >= 0.3 is 0 Å². The fourth-order valence-corrected chi connectivity index (χ4v) is 4.18. The van der Waals surface area contributed by atoms with Gasteiger partial charge in [0.25, 0.3) is 0 Å². The van der Waals surface area contributed by atoms with Crippen LogP contribution in [0.4, 0.5) is 0 Å². The predicted octanol–water partition coefficient (Wildman–Crippen LogP) is 6.49. The lowest BCUT2D eigenvalue weighted by molar-refractivity contribution is 0.561. The zero-order chi connectivity index (χ0) is 20.9. The highest BCUT2D eigenvalue weighted by Gasteiger charge is 2.10. The van der Waals surface area contributed by atoms with Crippen molar-refractivity contribution < 1.29 is 0 Å². The van der Waals surface area contributed by atoms with Crippen LogP contribution in [0.15, 0.2) is 72.8 Å². The molecule has 1 aromatic heterocycles. The Morgan fingerprint density at radius 2 is 1.00 bits per heavy atom. The molecule has 1 N–H and O–H groups in total. The molecule has 30 heavy (non-hydrogen) atoms. The molecule has 0 aliphatic carbocycles. The van der Waals surface area contributed by atoms with Crippen LogP contribution in [-0.2, 0) is 25.9 Å². The van der Waals surface area contributed by atoms with Crippen molar-refractivity contribution in [3.8, 4) is 0 Å². The summed E-state index contributed by atoms with van der Waals surface area (Å²) < 4.78 is 4.26. The summed E-state index contributed by atoms with van der Waals surface area (Å²) in [5, 5.41) is 10.3. The topological polar surface area (TPSA) is 33.7 Å². The number of nitrogens with one attached hydrogen (secondary N) is 1. The molecule has 0 amide bonds. The minimum atomic E-state index is 0.573.